The van der Waals surface area contributed by atoms with E-state index in [0.29, 0.717) is 28.1 Å². The Morgan fingerprint density at radius 1 is 1.09 bits per heavy atom. The Labute approximate surface area is 191 Å². The molecule has 2 aromatic carbocycles. The van der Waals surface area contributed by atoms with E-state index in [9.17, 15) is 13.5 Å². The first kappa shape index (κ1) is 22.4. The van der Waals surface area contributed by atoms with Gasteiger partial charge in [-0.05, 0) is 36.8 Å². The third kappa shape index (κ3) is 4.56. The highest BCUT2D eigenvalue weighted by molar-refractivity contribution is 7.90. The summed E-state index contributed by atoms with van der Waals surface area (Å²) in [6.45, 7) is 2.20. The second-order valence-electron chi connectivity index (χ2n) is 7.64. The topological polar surface area (TPSA) is 116 Å². The van der Waals surface area contributed by atoms with Gasteiger partial charge in [0.05, 0.1) is 26.3 Å². The summed E-state index contributed by atoms with van der Waals surface area (Å²) in [5.74, 6) is 1.33. The minimum Gasteiger partial charge on any atom is -0.497 e. The van der Waals surface area contributed by atoms with Gasteiger partial charge >= 0.3 is 0 Å². The second-order valence-corrected chi connectivity index (χ2v) is 9.55. The summed E-state index contributed by atoms with van der Waals surface area (Å²) in [7, 11) is -0.562. The lowest BCUT2D eigenvalue weighted by atomic mass is 10.2. The van der Waals surface area contributed by atoms with Gasteiger partial charge in [0.1, 0.15) is 22.7 Å². The molecule has 0 aliphatic rings. The molecule has 0 spiro atoms. The van der Waals surface area contributed by atoms with Crippen LogP contribution in [0.15, 0.2) is 53.8 Å². The van der Waals surface area contributed by atoms with E-state index in [0.717, 1.165) is 17.4 Å². The molecule has 2 aromatic heterocycles. The number of nitrogens with zero attached hydrogens (tertiary/aromatic N) is 3. The van der Waals surface area contributed by atoms with Gasteiger partial charge in [0.2, 0.25) is 20.9 Å². The van der Waals surface area contributed by atoms with Gasteiger partial charge in [-0.1, -0.05) is 12.1 Å². The molecular weight excluding hydrogens is 444 g/mol. The van der Waals surface area contributed by atoms with E-state index < -0.39 is 9.84 Å². The van der Waals surface area contributed by atoms with Crippen molar-refractivity contribution in [3.8, 4) is 17.4 Å². The van der Waals surface area contributed by atoms with Crippen molar-refractivity contribution < 1.29 is 23.0 Å². The normalized spacial score (nSPS) is 11.5. The maximum atomic E-state index is 12.2. The van der Waals surface area contributed by atoms with Crippen LogP contribution in [0.5, 0.6) is 17.4 Å². The molecule has 0 saturated carbocycles. The first-order chi connectivity index (χ1) is 15.7. The predicted octanol–water partition coefficient (Wildman–Crippen LogP) is 3.66. The standard InChI is InChI=1S/C23H24N4O5S/c1-14-6-5-7-16(10-14)24-21-20-18(25-23(26-21)33(4,29)30)13-27(22(20)28)12-15-8-9-17(31-2)11-19(15)32-3/h5-11,13,28H,12H2,1-4H3,(H,24,25,26). The van der Waals surface area contributed by atoms with Gasteiger partial charge in [-0.25, -0.2) is 13.4 Å². The van der Waals surface area contributed by atoms with Crippen LogP contribution in [0.1, 0.15) is 11.1 Å². The molecular formula is C23H24N4O5S. The maximum Gasteiger partial charge on any atom is 0.249 e. The van der Waals surface area contributed by atoms with Crippen LogP contribution in [0.3, 0.4) is 0 Å². The average molecular weight is 469 g/mol. The minimum absolute atomic E-state index is 0.0990. The Balaban J connectivity index is 1.84. The van der Waals surface area contributed by atoms with Crippen molar-refractivity contribution in [2.24, 2.45) is 0 Å². The van der Waals surface area contributed by atoms with Crippen LogP contribution in [0.4, 0.5) is 11.5 Å². The molecule has 2 heterocycles. The van der Waals surface area contributed by atoms with E-state index in [-0.39, 0.29) is 23.4 Å². The van der Waals surface area contributed by atoms with Crippen molar-refractivity contribution in [1.82, 2.24) is 14.5 Å². The maximum absolute atomic E-state index is 12.2. The molecule has 4 rings (SSSR count). The van der Waals surface area contributed by atoms with Gasteiger partial charge in [0.25, 0.3) is 0 Å². The van der Waals surface area contributed by atoms with E-state index in [1.54, 1.807) is 37.1 Å². The fourth-order valence-corrected chi connectivity index (χ4v) is 4.05. The number of methoxy groups -OCH3 is 2. The lowest BCUT2D eigenvalue weighted by Gasteiger charge is -2.12. The van der Waals surface area contributed by atoms with Crippen LogP contribution >= 0.6 is 0 Å². The first-order valence-electron chi connectivity index (χ1n) is 10.0. The number of nitrogens with one attached hydrogen (secondary N) is 1. The summed E-state index contributed by atoms with van der Waals surface area (Å²) in [6, 6.07) is 12.9. The van der Waals surface area contributed by atoms with Crippen molar-refractivity contribution in [1.29, 1.82) is 0 Å². The van der Waals surface area contributed by atoms with Crippen LogP contribution in [0, 0.1) is 6.92 Å². The zero-order chi connectivity index (χ0) is 23.8. The number of anilines is 2. The van der Waals surface area contributed by atoms with Gasteiger partial charge in [-0.3, -0.25) is 0 Å². The number of rotatable bonds is 7. The van der Waals surface area contributed by atoms with Crippen molar-refractivity contribution in [3.63, 3.8) is 0 Å². The smallest absolute Gasteiger partial charge is 0.249 e. The Kier molecular flexibility index (Phi) is 5.86. The Hall–Kier alpha value is -3.79. The summed E-state index contributed by atoms with van der Waals surface area (Å²) < 4.78 is 36.7. The van der Waals surface area contributed by atoms with E-state index in [2.05, 4.69) is 15.3 Å². The van der Waals surface area contributed by atoms with Crippen molar-refractivity contribution in [2.45, 2.75) is 18.6 Å². The molecule has 33 heavy (non-hydrogen) atoms. The fraction of sp³-hybridized carbons (Fsp3) is 0.217. The van der Waals surface area contributed by atoms with Crippen LogP contribution < -0.4 is 14.8 Å². The third-order valence-corrected chi connectivity index (χ3v) is 5.98. The summed E-state index contributed by atoms with van der Waals surface area (Å²) in [5.41, 5.74) is 2.81. The van der Waals surface area contributed by atoms with E-state index in [1.807, 2.05) is 37.3 Å². The molecule has 2 N–H and O–H groups in total. The highest BCUT2D eigenvalue weighted by Crippen LogP contribution is 2.35. The quantitative estimate of drug-likeness (QED) is 0.395. The van der Waals surface area contributed by atoms with Crippen LogP contribution in [-0.4, -0.2) is 48.5 Å². The highest BCUT2D eigenvalue weighted by atomic mass is 32.2. The second kappa shape index (κ2) is 8.62. The molecule has 0 radical (unpaired) electrons. The number of fused-ring (bicyclic) bond motifs is 1. The molecule has 0 atom stereocenters. The Bertz CT molecular complexity index is 1450. The van der Waals surface area contributed by atoms with Gasteiger partial charge < -0.3 is 24.5 Å². The molecule has 0 amide bonds. The van der Waals surface area contributed by atoms with Gasteiger partial charge in [-0.15, -0.1) is 0 Å². The summed E-state index contributed by atoms with van der Waals surface area (Å²) >= 11 is 0. The summed E-state index contributed by atoms with van der Waals surface area (Å²) in [6.07, 6.45) is 2.63. The molecule has 172 valence electrons. The molecule has 0 saturated heterocycles. The van der Waals surface area contributed by atoms with Crippen molar-refractivity contribution in [2.75, 3.05) is 25.8 Å². The molecule has 0 fully saturated rings. The van der Waals surface area contributed by atoms with Crippen molar-refractivity contribution >= 4 is 32.2 Å². The molecule has 0 unspecified atom stereocenters. The number of ether oxygens (including phenoxy) is 2. The number of aromatic hydroxyl groups is 1. The number of benzene rings is 2. The fourth-order valence-electron chi connectivity index (χ4n) is 3.53. The van der Waals surface area contributed by atoms with Crippen LogP contribution in [-0.2, 0) is 16.4 Å². The first-order valence-corrected chi connectivity index (χ1v) is 11.9. The third-order valence-electron chi connectivity index (χ3n) is 5.14. The molecule has 0 aliphatic carbocycles. The lowest BCUT2D eigenvalue weighted by Crippen LogP contribution is -2.06. The zero-order valence-electron chi connectivity index (χ0n) is 18.7. The largest absolute Gasteiger partial charge is 0.497 e. The molecule has 0 bridgehead atoms. The van der Waals surface area contributed by atoms with E-state index in [1.165, 1.54) is 0 Å². The SMILES string of the molecule is COc1ccc(Cn2cc3nc(S(C)(=O)=O)nc(Nc4cccc(C)c4)c3c2O)c(OC)c1. The Morgan fingerprint density at radius 3 is 2.55 bits per heavy atom. The molecule has 4 aromatic rings. The van der Waals surface area contributed by atoms with Crippen LogP contribution in [0.25, 0.3) is 10.9 Å². The Morgan fingerprint density at radius 2 is 1.88 bits per heavy atom. The molecule has 0 aliphatic heterocycles. The number of sulfone groups is 1. The summed E-state index contributed by atoms with van der Waals surface area (Å²) in [4.78, 5) is 8.40. The number of hydrogen-bond acceptors (Lipinski definition) is 8. The minimum atomic E-state index is -3.69. The summed E-state index contributed by atoms with van der Waals surface area (Å²) in [5, 5.41) is 14.2. The zero-order valence-corrected chi connectivity index (χ0v) is 19.5. The number of hydrogen-bond donors (Lipinski definition) is 2. The van der Waals surface area contributed by atoms with Gasteiger partial charge in [-0.2, -0.15) is 4.98 Å². The predicted molar refractivity (Wildman–Crippen MR) is 125 cm³/mol. The van der Waals surface area contributed by atoms with Crippen molar-refractivity contribution in [3.05, 3.63) is 59.8 Å². The number of aromatic nitrogens is 3. The van der Waals surface area contributed by atoms with Gasteiger partial charge in [0, 0.05) is 29.8 Å². The van der Waals surface area contributed by atoms with Gasteiger partial charge in [0.15, 0.2) is 0 Å². The number of aryl methyl sites for hydroxylation is 1. The highest BCUT2D eigenvalue weighted by Gasteiger charge is 2.22. The van der Waals surface area contributed by atoms with E-state index in [4.69, 9.17) is 9.47 Å². The lowest BCUT2D eigenvalue weighted by molar-refractivity contribution is 0.387. The monoisotopic (exact) mass is 468 g/mol. The van der Waals surface area contributed by atoms with Crippen LogP contribution in [0.2, 0.25) is 0 Å². The van der Waals surface area contributed by atoms with E-state index >= 15 is 0 Å². The average Bonchev–Trinajstić information content (AvgIpc) is 3.09. The molecule has 10 heteroatoms. The molecule has 9 nitrogen and oxygen atoms in total.